The fourth-order valence-electron chi connectivity index (χ4n) is 1.87. The summed E-state index contributed by atoms with van der Waals surface area (Å²) in [6.07, 6.45) is -0.580. The van der Waals surface area contributed by atoms with Crippen LogP contribution in [0.3, 0.4) is 0 Å². The molecule has 0 aliphatic rings. The molecule has 22 heavy (non-hydrogen) atoms. The van der Waals surface area contributed by atoms with Crippen LogP contribution in [-0.2, 0) is 4.74 Å². The van der Waals surface area contributed by atoms with Crippen LogP contribution in [0.1, 0.15) is 6.92 Å². The largest absolute Gasteiger partial charge is 0.449 e. The van der Waals surface area contributed by atoms with E-state index in [-0.39, 0.29) is 12.3 Å². The van der Waals surface area contributed by atoms with Crippen molar-refractivity contribution in [2.45, 2.75) is 6.92 Å². The van der Waals surface area contributed by atoms with Crippen molar-refractivity contribution >= 4 is 17.5 Å². The van der Waals surface area contributed by atoms with Crippen LogP contribution in [-0.4, -0.2) is 17.6 Å². The number of nitrogens with one attached hydrogen (secondary N) is 2. The van der Waals surface area contributed by atoms with Gasteiger partial charge in [-0.1, -0.05) is 24.3 Å². The van der Waals surface area contributed by atoms with Gasteiger partial charge in [0.05, 0.1) is 17.2 Å². The van der Waals surface area contributed by atoms with Crippen molar-refractivity contribution in [3.8, 4) is 11.1 Å². The second-order valence-corrected chi connectivity index (χ2v) is 4.36. The van der Waals surface area contributed by atoms with E-state index in [1.807, 2.05) is 6.07 Å². The summed E-state index contributed by atoms with van der Waals surface area (Å²) in [5.41, 5.74) is 7.28. The minimum atomic E-state index is -0.580. The van der Waals surface area contributed by atoms with Crippen LogP contribution in [0.5, 0.6) is 0 Å². The Labute approximate surface area is 127 Å². The van der Waals surface area contributed by atoms with E-state index in [9.17, 15) is 14.9 Å². The van der Waals surface area contributed by atoms with Crippen LogP contribution in [0.25, 0.3) is 11.1 Å². The molecular formula is C15H15N3O4. The summed E-state index contributed by atoms with van der Waals surface area (Å²) in [6.45, 7) is 1.99. The summed E-state index contributed by atoms with van der Waals surface area (Å²) in [5, 5.41) is 10.8. The first-order valence-electron chi connectivity index (χ1n) is 6.64. The first-order valence-corrected chi connectivity index (χ1v) is 6.64. The Morgan fingerprint density at radius 1 is 1.18 bits per heavy atom. The number of nitrogens with zero attached hydrogens (tertiary/aromatic N) is 1. The predicted octanol–water partition coefficient (Wildman–Crippen LogP) is 3.33. The molecule has 0 spiro atoms. The van der Waals surface area contributed by atoms with E-state index in [4.69, 9.17) is 4.74 Å². The Kier molecular flexibility index (Phi) is 4.92. The maximum Gasteiger partial charge on any atom is 0.425 e. The number of hydrogen-bond donors (Lipinski definition) is 2. The van der Waals surface area contributed by atoms with Gasteiger partial charge in [0.25, 0.3) is 5.69 Å². The third-order valence-electron chi connectivity index (χ3n) is 2.84. The van der Waals surface area contributed by atoms with Crippen molar-refractivity contribution in [1.29, 1.82) is 0 Å². The monoisotopic (exact) mass is 301 g/mol. The topological polar surface area (TPSA) is 93.5 Å². The highest BCUT2D eigenvalue weighted by atomic mass is 16.6. The first kappa shape index (κ1) is 15.3. The Balaban J connectivity index is 2.16. The number of hydrazine groups is 1. The summed E-state index contributed by atoms with van der Waals surface area (Å²) >= 11 is 0. The molecule has 1 amide bonds. The normalized spacial score (nSPS) is 9.86. The zero-order valence-corrected chi connectivity index (χ0v) is 11.9. The molecule has 0 saturated carbocycles. The van der Waals surface area contributed by atoms with Gasteiger partial charge in [-0.3, -0.25) is 15.5 Å². The van der Waals surface area contributed by atoms with Crippen LogP contribution < -0.4 is 10.9 Å². The van der Waals surface area contributed by atoms with Gasteiger partial charge < -0.3 is 4.74 Å². The number of nitro groups is 1. The van der Waals surface area contributed by atoms with Gasteiger partial charge in [-0.25, -0.2) is 10.2 Å². The van der Waals surface area contributed by atoms with Crippen LogP contribution in [0.15, 0.2) is 48.5 Å². The van der Waals surface area contributed by atoms with E-state index in [0.717, 1.165) is 5.56 Å². The van der Waals surface area contributed by atoms with Crippen molar-refractivity contribution < 1.29 is 14.5 Å². The summed E-state index contributed by atoms with van der Waals surface area (Å²) in [7, 11) is 0. The average molecular weight is 301 g/mol. The van der Waals surface area contributed by atoms with Crippen molar-refractivity contribution in [2.75, 3.05) is 12.0 Å². The molecule has 0 aromatic heterocycles. The van der Waals surface area contributed by atoms with Crippen molar-refractivity contribution in [2.24, 2.45) is 0 Å². The molecule has 0 unspecified atom stereocenters. The molecule has 2 N–H and O–H groups in total. The number of rotatable bonds is 5. The Morgan fingerprint density at radius 3 is 2.55 bits per heavy atom. The van der Waals surface area contributed by atoms with Gasteiger partial charge in [0.1, 0.15) is 0 Å². The molecule has 2 aromatic rings. The highest BCUT2D eigenvalue weighted by Gasteiger charge is 2.07. The standard InChI is InChI=1S/C15H15N3O4/c1-2-22-15(19)17-16-13-7-3-5-11(9-13)12-6-4-8-14(10-12)18(20)21/h3-10,16H,2H2,1H3,(H,17,19). The molecule has 0 radical (unpaired) electrons. The second kappa shape index (κ2) is 7.07. The smallest absolute Gasteiger partial charge is 0.425 e. The molecule has 2 rings (SSSR count). The SMILES string of the molecule is CCOC(=O)NNc1cccc(-c2cccc([N+](=O)[O-])c2)c1. The number of nitro benzene ring substituents is 1. The molecule has 7 nitrogen and oxygen atoms in total. The molecule has 0 bridgehead atoms. The maximum atomic E-state index is 11.2. The lowest BCUT2D eigenvalue weighted by Crippen LogP contribution is -2.29. The average Bonchev–Trinajstić information content (AvgIpc) is 2.53. The molecule has 0 aliphatic heterocycles. The van der Waals surface area contributed by atoms with Crippen molar-refractivity contribution in [3.05, 3.63) is 58.6 Å². The lowest BCUT2D eigenvalue weighted by atomic mass is 10.0. The molecule has 7 heteroatoms. The van der Waals surface area contributed by atoms with Gasteiger partial charge in [-0.2, -0.15) is 0 Å². The van der Waals surface area contributed by atoms with Gasteiger partial charge in [0.2, 0.25) is 0 Å². The van der Waals surface area contributed by atoms with Crippen LogP contribution in [0.4, 0.5) is 16.2 Å². The van der Waals surface area contributed by atoms with E-state index in [0.29, 0.717) is 11.3 Å². The third-order valence-corrected chi connectivity index (χ3v) is 2.84. The van der Waals surface area contributed by atoms with Gasteiger partial charge in [0, 0.05) is 12.1 Å². The van der Waals surface area contributed by atoms with Gasteiger partial charge in [0.15, 0.2) is 0 Å². The first-order chi connectivity index (χ1) is 10.6. The number of carbonyl (C=O) groups is 1. The lowest BCUT2D eigenvalue weighted by Gasteiger charge is -2.09. The third kappa shape index (κ3) is 3.95. The zero-order valence-electron chi connectivity index (χ0n) is 11.9. The lowest BCUT2D eigenvalue weighted by molar-refractivity contribution is -0.384. The van der Waals surface area contributed by atoms with E-state index >= 15 is 0 Å². The molecule has 0 saturated heterocycles. The number of amides is 1. The van der Waals surface area contributed by atoms with E-state index in [1.165, 1.54) is 12.1 Å². The fraction of sp³-hybridized carbons (Fsp3) is 0.133. The molecule has 0 fully saturated rings. The summed E-state index contributed by atoms with van der Waals surface area (Å²) < 4.78 is 4.73. The highest BCUT2D eigenvalue weighted by molar-refractivity contribution is 5.72. The number of non-ortho nitro benzene ring substituents is 1. The summed E-state index contributed by atoms with van der Waals surface area (Å²) in [4.78, 5) is 21.6. The molecule has 114 valence electrons. The number of ether oxygens (including phenoxy) is 1. The molecular weight excluding hydrogens is 286 g/mol. The molecule has 0 atom stereocenters. The quantitative estimate of drug-likeness (QED) is 0.652. The van der Waals surface area contributed by atoms with E-state index < -0.39 is 11.0 Å². The summed E-state index contributed by atoms with van der Waals surface area (Å²) in [5.74, 6) is 0. The Bertz CT molecular complexity index is 688. The maximum absolute atomic E-state index is 11.2. The highest BCUT2D eigenvalue weighted by Crippen LogP contribution is 2.25. The number of benzene rings is 2. The fourth-order valence-corrected chi connectivity index (χ4v) is 1.87. The number of anilines is 1. The minimum Gasteiger partial charge on any atom is -0.449 e. The second-order valence-electron chi connectivity index (χ2n) is 4.36. The number of hydrogen-bond acceptors (Lipinski definition) is 5. The van der Waals surface area contributed by atoms with Crippen LogP contribution in [0, 0.1) is 10.1 Å². The van der Waals surface area contributed by atoms with Gasteiger partial charge >= 0.3 is 6.09 Å². The number of carbonyl (C=O) groups excluding carboxylic acids is 1. The molecule has 0 aliphatic carbocycles. The summed E-state index contributed by atoms with van der Waals surface area (Å²) in [6, 6.07) is 13.5. The Hall–Kier alpha value is -3.09. The molecule has 2 aromatic carbocycles. The van der Waals surface area contributed by atoms with Crippen LogP contribution in [0.2, 0.25) is 0 Å². The van der Waals surface area contributed by atoms with Crippen molar-refractivity contribution in [3.63, 3.8) is 0 Å². The van der Waals surface area contributed by atoms with Gasteiger partial charge in [-0.15, -0.1) is 0 Å². The van der Waals surface area contributed by atoms with Crippen LogP contribution >= 0.6 is 0 Å². The van der Waals surface area contributed by atoms with Crippen molar-refractivity contribution in [1.82, 2.24) is 5.43 Å². The van der Waals surface area contributed by atoms with E-state index in [1.54, 1.807) is 37.3 Å². The molecule has 0 heterocycles. The predicted molar refractivity (Wildman–Crippen MR) is 82.3 cm³/mol. The van der Waals surface area contributed by atoms with E-state index in [2.05, 4.69) is 10.9 Å². The van der Waals surface area contributed by atoms with Gasteiger partial charge in [-0.05, 0) is 30.2 Å². The Morgan fingerprint density at radius 2 is 1.86 bits per heavy atom. The zero-order chi connectivity index (χ0) is 15.9. The minimum absolute atomic E-state index is 0.0283.